The molecule has 1 fully saturated rings. The number of hydrogen-bond acceptors (Lipinski definition) is 6. The van der Waals surface area contributed by atoms with Crippen LogP contribution in [0.15, 0.2) is 35.1 Å². The maximum absolute atomic E-state index is 13.4. The number of amides is 1. The Bertz CT molecular complexity index is 980. The number of aromatic nitrogens is 1. The molecule has 2 heterocycles. The monoisotopic (exact) mass is 429 g/mol. The zero-order valence-corrected chi connectivity index (χ0v) is 18.6. The molecule has 1 unspecified atom stereocenters. The number of para-hydroxylation sites is 1. The van der Waals surface area contributed by atoms with Crippen molar-refractivity contribution >= 4 is 6.09 Å². The number of ether oxygens (including phenoxy) is 2. The van der Waals surface area contributed by atoms with Crippen LogP contribution in [0.1, 0.15) is 36.7 Å². The first-order valence-corrected chi connectivity index (χ1v) is 10.6. The Labute approximate surface area is 182 Å². The van der Waals surface area contributed by atoms with Crippen molar-refractivity contribution in [2.45, 2.75) is 33.4 Å². The maximum Gasteiger partial charge on any atom is 0.409 e. The van der Waals surface area contributed by atoms with Gasteiger partial charge in [0.2, 0.25) is 0 Å². The van der Waals surface area contributed by atoms with Crippen LogP contribution in [0.3, 0.4) is 0 Å². The summed E-state index contributed by atoms with van der Waals surface area (Å²) >= 11 is 0. The third-order valence-electron chi connectivity index (χ3n) is 5.75. The zero-order valence-electron chi connectivity index (χ0n) is 18.6. The summed E-state index contributed by atoms with van der Waals surface area (Å²) in [4.78, 5) is 29.3. The quantitative estimate of drug-likeness (QED) is 0.760. The fraction of sp³-hybridized carbons (Fsp3) is 0.478. The molecule has 1 amide bonds. The van der Waals surface area contributed by atoms with Gasteiger partial charge in [-0.25, -0.2) is 4.79 Å². The minimum Gasteiger partial charge on any atom is -0.507 e. The van der Waals surface area contributed by atoms with Gasteiger partial charge < -0.3 is 24.0 Å². The molecule has 1 N–H and O–H groups in total. The number of carbonyl (C=O) groups is 1. The maximum atomic E-state index is 13.4. The van der Waals surface area contributed by atoms with Gasteiger partial charge in [-0.3, -0.25) is 9.69 Å². The van der Waals surface area contributed by atoms with Gasteiger partial charge in [0.15, 0.2) is 0 Å². The van der Waals surface area contributed by atoms with Crippen molar-refractivity contribution in [1.82, 2.24) is 14.4 Å². The van der Waals surface area contributed by atoms with Crippen molar-refractivity contribution in [3.63, 3.8) is 0 Å². The highest BCUT2D eigenvalue weighted by Crippen LogP contribution is 2.37. The standard InChI is InChI=1S/C23H31N3O5/c1-5-26-16(3)15-18(27)20(22(26)28)21(17-9-7-8-10-19(17)30-4)24-11-13-25(14-12-24)23(29)31-6-2/h7-10,15,21,27H,5-6,11-14H2,1-4H3. The van der Waals surface area contributed by atoms with Gasteiger partial charge in [0, 0.05) is 44.0 Å². The molecule has 8 heteroatoms. The number of aryl methyl sites for hydroxylation is 1. The third kappa shape index (κ3) is 4.54. The summed E-state index contributed by atoms with van der Waals surface area (Å²) in [6.45, 7) is 8.34. The molecule has 1 saturated heterocycles. The Kier molecular flexibility index (Phi) is 7.22. The summed E-state index contributed by atoms with van der Waals surface area (Å²) in [5.74, 6) is 0.610. The predicted octanol–water partition coefficient (Wildman–Crippen LogP) is 2.75. The zero-order chi connectivity index (χ0) is 22.5. The van der Waals surface area contributed by atoms with Crippen molar-refractivity contribution in [2.75, 3.05) is 39.9 Å². The summed E-state index contributed by atoms with van der Waals surface area (Å²) in [6.07, 6.45) is -0.331. The van der Waals surface area contributed by atoms with Crippen molar-refractivity contribution in [1.29, 1.82) is 0 Å². The molecule has 8 nitrogen and oxygen atoms in total. The lowest BCUT2D eigenvalue weighted by atomic mass is 9.95. The molecule has 1 aliphatic rings. The fourth-order valence-corrected chi connectivity index (χ4v) is 4.22. The fourth-order valence-electron chi connectivity index (χ4n) is 4.22. The van der Waals surface area contributed by atoms with Crippen LogP contribution in [-0.2, 0) is 11.3 Å². The molecule has 1 aromatic heterocycles. The molecular formula is C23H31N3O5. The van der Waals surface area contributed by atoms with Crippen molar-refractivity contribution in [3.05, 3.63) is 57.5 Å². The highest BCUT2D eigenvalue weighted by Gasteiger charge is 2.34. The molecule has 1 aromatic carbocycles. The van der Waals surface area contributed by atoms with E-state index in [-0.39, 0.29) is 17.4 Å². The number of aromatic hydroxyl groups is 1. The first-order valence-electron chi connectivity index (χ1n) is 10.6. The number of piperazine rings is 1. The Balaban J connectivity index is 2.07. The second-order valence-electron chi connectivity index (χ2n) is 7.50. The summed E-state index contributed by atoms with van der Waals surface area (Å²) in [5.41, 5.74) is 1.61. The highest BCUT2D eigenvalue weighted by atomic mass is 16.6. The Morgan fingerprint density at radius 3 is 2.45 bits per heavy atom. The Morgan fingerprint density at radius 1 is 1.16 bits per heavy atom. The lowest BCUT2D eigenvalue weighted by molar-refractivity contribution is 0.0705. The lowest BCUT2D eigenvalue weighted by Crippen LogP contribution is -2.50. The van der Waals surface area contributed by atoms with Gasteiger partial charge in [-0.15, -0.1) is 0 Å². The van der Waals surface area contributed by atoms with Crippen LogP contribution < -0.4 is 10.3 Å². The van der Waals surface area contributed by atoms with E-state index in [2.05, 4.69) is 4.90 Å². The summed E-state index contributed by atoms with van der Waals surface area (Å²) in [7, 11) is 1.59. The topological polar surface area (TPSA) is 84.2 Å². The van der Waals surface area contributed by atoms with E-state index in [4.69, 9.17) is 9.47 Å². The van der Waals surface area contributed by atoms with Gasteiger partial charge in [0.05, 0.1) is 25.3 Å². The van der Waals surface area contributed by atoms with Crippen LogP contribution in [-0.4, -0.2) is 65.5 Å². The van der Waals surface area contributed by atoms with E-state index in [9.17, 15) is 14.7 Å². The second-order valence-corrected chi connectivity index (χ2v) is 7.50. The van der Waals surface area contributed by atoms with Gasteiger partial charge in [-0.2, -0.15) is 0 Å². The van der Waals surface area contributed by atoms with Crippen LogP contribution in [0.4, 0.5) is 4.79 Å². The number of pyridine rings is 1. The molecule has 31 heavy (non-hydrogen) atoms. The minimum absolute atomic E-state index is 0.0315. The summed E-state index contributed by atoms with van der Waals surface area (Å²) in [6, 6.07) is 8.65. The van der Waals surface area contributed by atoms with E-state index >= 15 is 0 Å². The predicted molar refractivity (Wildman–Crippen MR) is 118 cm³/mol. The molecule has 0 bridgehead atoms. The van der Waals surface area contributed by atoms with E-state index in [0.717, 1.165) is 5.56 Å². The van der Waals surface area contributed by atoms with Crippen LogP contribution in [0, 0.1) is 6.92 Å². The molecule has 0 aliphatic carbocycles. The van der Waals surface area contributed by atoms with Crippen LogP contribution in [0.25, 0.3) is 0 Å². The Morgan fingerprint density at radius 2 is 1.84 bits per heavy atom. The average Bonchev–Trinajstić information content (AvgIpc) is 2.77. The number of rotatable bonds is 6. The smallest absolute Gasteiger partial charge is 0.409 e. The van der Waals surface area contributed by atoms with E-state index in [0.29, 0.717) is 56.3 Å². The normalized spacial score (nSPS) is 15.5. The van der Waals surface area contributed by atoms with Crippen molar-refractivity contribution in [2.24, 2.45) is 0 Å². The van der Waals surface area contributed by atoms with Crippen LogP contribution in [0.5, 0.6) is 11.5 Å². The molecule has 3 rings (SSSR count). The van der Waals surface area contributed by atoms with E-state index < -0.39 is 6.04 Å². The number of methoxy groups -OCH3 is 1. The van der Waals surface area contributed by atoms with Gasteiger partial charge in [0.25, 0.3) is 5.56 Å². The summed E-state index contributed by atoms with van der Waals surface area (Å²) < 4.78 is 12.4. The molecular weight excluding hydrogens is 398 g/mol. The molecule has 2 aromatic rings. The van der Waals surface area contributed by atoms with E-state index in [1.165, 1.54) is 0 Å². The SMILES string of the molecule is CCOC(=O)N1CCN(C(c2ccccc2OC)c2c(O)cc(C)n(CC)c2=O)CC1. The largest absolute Gasteiger partial charge is 0.507 e. The molecule has 0 saturated carbocycles. The van der Waals surface area contributed by atoms with Crippen LogP contribution >= 0.6 is 0 Å². The van der Waals surface area contributed by atoms with E-state index in [1.807, 2.05) is 38.1 Å². The molecule has 1 aliphatic heterocycles. The molecule has 1 atom stereocenters. The third-order valence-corrected chi connectivity index (χ3v) is 5.75. The number of carbonyl (C=O) groups excluding carboxylic acids is 1. The van der Waals surface area contributed by atoms with Gasteiger partial charge >= 0.3 is 6.09 Å². The number of hydrogen-bond donors (Lipinski definition) is 1. The van der Waals surface area contributed by atoms with Crippen molar-refractivity contribution < 1.29 is 19.4 Å². The van der Waals surface area contributed by atoms with Gasteiger partial charge in [0.1, 0.15) is 11.5 Å². The van der Waals surface area contributed by atoms with E-state index in [1.54, 1.807) is 29.6 Å². The molecule has 0 radical (unpaired) electrons. The lowest BCUT2D eigenvalue weighted by Gasteiger charge is -2.39. The van der Waals surface area contributed by atoms with Gasteiger partial charge in [-0.05, 0) is 32.9 Å². The Hall–Kier alpha value is -3.00. The van der Waals surface area contributed by atoms with Crippen LogP contribution in [0.2, 0.25) is 0 Å². The average molecular weight is 430 g/mol. The number of nitrogens with zero attached hydrogens (tertiary/aromatic N) is 3. The summed E-state index contributed by atoms with van der Waals surface area (Å²) in [5, 5.41) is 10.9. The first kappa shape index (κ1) is 22.7. The molecule has 0 spiro atoms. The minimum atomic E-state index is -0.508. The number of benzene rings is 1. The second kappa shape index (κ2) is 9.87. The van der Waals surface area contributed by atoms with Gasteiger partial charge in [-0.1, -0.05) is 18.2 Å². The highest BCUT2D eigenvalue weighted by molar-refractivity contribution is 5.67. The molecule has 168 valence electrons. The van der Waals surface area contributed by atoms with Crippen molar-refractivity contribution in [3.8, 4) is 11.5 Å². The first-order chi connectivity index (χ1) is 14.9.